The SMILES string of the molecule is O=C(O)c1ccc(CCN2C(=O)C(=Cc3cc(-c4ccc5c(c4)CCO5)ccc3OCCN3CCOCC3)SC2=S)cc1. The monoisotopic (exact) mass is 616 g/mol. The van der Waals surface area contributed by atoms with Gasteiger partial charge in [0.1, 0.15) is 22.4 Å². The first kappa shape index (κ1) is 29.4. The van der Waals surface area contributed by atoms with Crippen molar-refractivity contribution >= 4 is 46.3 Å². The van der Waals surface area contributed by atoms with Crippen LogP contribution in [-0.2, 0) is 22.4 Å². The standard InChI is InChI=1S/C33H32N2O6S2/c36-31-30(43-33(42)35(31)11-9-22-1-3-23(4-2-22)32(37)38)21-27-20-25(24-5-7-28-26(19-24)10-15-40-28)6-8-29(27)41-18-14-34-12-16-39-17-13-34/h1-8,19-21H,9-18H2,(H,37,38). The van der Waals surface area contributed by atoms with E-state index in [-0.39, 0.29) is 11.5 Å². The van der Waals surface area contributed by atoms with E-state index in [1.165, 1.54) is 17.3 Å². The molecule has 0 aromatic heterocycles. The number of morpholine rings is 1. The fourth-order valence-electron chi connectivity index (χ4n) is 5.34. The molecule has 0 atom stereocenters. The molecule has 3 aliphatic heterocycles. The zero-order chi connectivity index (χ0) is 29.8. The summed E-state index contributed by atoms with van der Waals surface area (Å²) in [7, 11) is 0. The highest BCUT2D eigenvalue weighted by Crippen LogP contribution is 2.37. The van der Waals surface area contributed by atoms with Gasteiger partial charge in [0, 0.05) is 38.2 Å². The van der Waals surface area contributed by atoms with Crippen LogP contribution in [0.15, 0.2) is 65.6 Å². The Hall–Kier alpha value is -3.70. The number of fused-ring (bicyclic) bond motifs is 1. The number of carboxylic acid groups (broad SMARTS) is 1. The van der Waals surface area contributed by atoms with Crippen molar-refractivity contribution in [1.82, 2.24) is 9.80 Å². The van der Waals surface area contributed by atoms with Crippen LogP contribution in [0.3, 0.4) is 0 Å². The zero-order valence-corrected chi connectivity index (χ0v) is 25.3. The van der Waals surface area contributed by atoms with E-state index in [0.29, 0.717) is 41.2 Å². The average Bonchev–Trinajstić information content (AvgIpc) is 3.60. The number of ether oxygens (including phenoxy) is 3. The lowest BCUT2D eigenvalue weighted by molar-refractivity contribution is -0.122. The number of carboxylic acids is 1. The van der Waals surface area contributed by atoms with E-state index in [0.717, 1.165) is 67.3 Å². The van der Waals surface area contributed by atoms with E-state index >= 15 is 0 Å². The van der Waals surface area contributed by atoms with Crippen molar-refractivity contribution in [3.05, 3.63) is 87.8 Å². The summed E-state index contributed by atoms with van der Waals surface area (Å²) >= 11 is 6.88. The largest absolute Gasteiger partial charge is 0.493 e. The minimum atomic E-state index is -0.965. The third-order valence-electron chi connectivity index (χ3n) is 7.79. The van der Waals surface area contributed by atoms with Gasteiger partial charge in [0.2, 0.25) is 0 Å². The second-order valence-corrected chi connectivity index (χ2v) is 12.2. The van der Waals surface area contributed by atoms with Crippen molar-refractivity contribution in [1.29, 1.82) is 0 Å². The first-order valence-corrected chi connectivity index (χ1v) is 15.6. The van der Waals surface area contributed by atoms with Crippen LogP contribution in [-0.4, -0.2) is 83.7 Å². The Morgan fingerprint density at radius 3 is 2.56 bits per heavy atom. The van der Waals surface area contributed by atoms with Gasteiger partial charge >= 0.3 is 5.97 Å². The topological polar surface area (TPSA) is 88.5 Å². The van der Waals surface area contributed by atoms with E-state index in [9.17, 15) is 9.59 Å². The lowest BCUT2D eigenvalue weighted by Gasteiger charge is -2.26. The summed E-state index contributed by atoms with van der Waals surface area (Å²) in [6, 6.07) is 19.0. The van der Waals surface area contributed by atoms with Crippen LogP contribution in [0.4, 0.5) is 0 Å². The van der Waals surface area contributed by atoms with E-state index in [1.54, 1.807) is 29.2 Å². The van der Waals surface area contributed by atoms with Gasteiger partial charge in [-0.2, -0.15) is 0 Å². The molecule has 3 aromatic carbocycles. The summed E-state index contributed by atoms with van der Waals surface area (Å²) in [5.74, 6) is 0.544. The normalized spacial score (nSPS) is 17.8. The van der Waals surface area contributed by atoms with Gasteiger partial charge in [-0.1, -0.05) is 48.2 Å². The lowest BCUT2D eigenvalue weighted by Crippen LogP contribution is -2.38. The molecule has 43 heavy (non-hydrogen) atoms. The smallest absolute Gasteiger partial charge is 0.335 e. The Balaban J connectivity index is 1.21. The summed E-state index contributed by atoms with van der Waals surface area (Å²) in [4.78, 5) is 29.1. The Labute approximate surface area is 260 Å². The maximum Gasteiger partial charge on any atom is 0.335 e. The van der Waals surface area contributed by atoms with Crippen LogP contribution in [0.5, 0.6) is 11.5 Å². The highest BCUT2D eigenvalue weighted by Gasteiger charge is 2.32. The van der Waals surface area contributed by atoms with E-state index in [1.807, 2.05) is 18.2 Å². The number of aromatic carboxylic acids is 1. The number of carbonyl (C=O) groups excluding carboxylic acids is 1. The van der Waals surface area contributed by atoms with Gasteiger partial charge in [0.25, 0.3) is 5.91 Å². The molecule has 0 radical (unpaired) electrons. The van der Waals surface area contributed by atoms with Crippen LogP contribution in [0.25, 0.3) is 17.2 Å². The Kier molecular flexibility index (Phi) is 9.08. The lowest BCUT2D eigenvalue weighted by atomic mass is 9.99. The van der Waals surface area contributed by atoms with Crippen molar-refractivity contribution in [2.75, 3.05) is 52.6 Å². The quantitative estimate of drug-likeness (QED) is 0.246. The van der Waals surface area contributed by atoms with Gasteiger partial charge in [-0.15, -0.1) is 0 Å². The molecule has 0 aliphatic carbocycles. The van der Waals surface area contributed by atoms with Gasteiger partial charge in [0.05, 0.1) is 30.3 Å². The fourth-order valence-corrected chi connectivity index (χ4v) is 6.64. The van der Waals surface area contributed by atoms with Crippen LogP contribution in [0.1, 0.15) is 27.0 Å². The van der Waals surface area contributed by atoms with Crippen molar-refractivity contribution < 1.29 is 28.9 Å². The van der Waals surface area contributed by atoms with Crippen molar-refractivity contribution in [3.8, 4) is 22.6 Å². The number of rotatable bonds is 10. The number of nitrogens with zero attached hydrogens (tertiary/aromatic N) is 2. The third-order valence-corrected chi connectivity index (χ3v) is 9.16. The first-order valence-electron chi connectivity index (χ1n) is 14.4. The molecule has 0 spiro atoms. The van der Waals surface area contributed by atoms with E-state index < -0.39 is 5.97 Å². The number of thiocarbonyl (C=S) groups is 1. The highest BCUT2D eigenvalue weighted by atomic mass is 32.2. The predicted octanol–water partition coefficient (Wildman–Crippen LogP) is 5.14. The second-order valence-electron chi connectivity index (χ2n) is 10.6. The third kappa shape index (κ3) is 6.94. The van der Waals surface area contributed by atoms with Crippen LogP contribution < -0.4 is 9.47 Å². The number of carbonyl (C=O) groups is 2. The summed E-state index contributed by atoms with van der Waals surface area (Å²) in [5.41, 5.74) is 5.30. The molecule has 0 unspecified atom stereocenters. The van der Waals surface area contributed by atoms with Crippen molar-refractivity contribution in [2.45, 2.75) is 12.8 Å². The molecule has 0 bridgehead atoms. The van der Waals surface area contributed by atoms with Gasteiger partial charge in [-0.25, -0.2) is 4.79 Å². The average molecular weight is 617 g/mol. The van der Waals surface area contributed by atoms with Gasteiger partial charge < -0.3 is 19.3 Å². The number of amides is 1. The Morgan fingerprint density at radius 2 is 1.77 bits per heavy atom. The molecule has 222 valence electrons. The fraction of sp³-hybridized carbons (Fsp3) is 0.303. The van der Waals surface area contributed by atoms with Gasteiger partial charge in [-0.05, 0) is 71.1 Å². The van der Waals surface area contributed by atoms with Crippen LogP contribution in [0.2, 0.25) is 0 Å². The first-order chi connectivity index (χ1) is 20.9. The summed E-state index contributed by atoms with van der Waals surface area (Å²) in [6.45, 7) is 5.70. The molecular formula is C33H32N2O6S2. The predicted molar refractivity (Wildman–Crippen MR) is 171 cm³/mol. The summed E-state index contributed by atoms with van der Waals surface area (Å²) < 4.78 is 17.9. The number of hydrogen-bond donors (Lipinski definition) is 1. The van der Waals surface area contributed by atoms with Crippen molar-refractivity contribution in [2.24, 2.45) is 0 Å². The second kappa shape index (κ2) is 13.3. The van der Waals surface area contributed by atoms with E-state index in [4.69, 9.17) is 31.5 Å². The Bertz CT molecular complexity index is 1570. The molecule has 2 fully saturated rings. The minimum Gasteiger partial charge on any atom is -0.493 e. The molecule has 10 heteroatoms. The van der Waals surface area contributed by atoms with Gasteiger partial charge in [0.15, 0.2) is 0 Å². The molecule has 2 saturated heterocycles. The number of thioether (sulfide) groups is 1. The minimum absolute atomic E-state index is 0.142. The van der Waals surface area contributed by atoms with E-state index in [2.05, 4.69) is 29.2 Å². The number of benzene rings is 3. The molecule has 8 nitrogen and oxygen atoms in total. The van der Waals surface area contributed by atoms with Crippen LogP contribution >= 0.6 is 24.0 Å². The molecule has 6 rings (SSSR count). The van der Waals surface area contributed by atoms with Gasteiger partial charge in [-0.3, -0.25) is 14.6 Å². The highest BCUT2D eigenvalue weighted by molar-refractivity contribution is 8.26. The maximum absolute atomic E-state index is 13.5. The molecular weight excluding hydrogens is 585 g/mol. The van der Waals surface area contributed by atoms with Crippen LogP contribution in [0, 0.1) is 0 Å². The molecule has 0 saturated carbocycles. The number of hydrogen-bond acceptors (Lipinski definition) is 8. The zero-order valence-electron chi connectivity index (χ0n) is 23.6. The molecule has 3 heterocycles. The Morgan fingerprint density at radius 1 is 1.00 bits per heavy atom. The molecule has 3 aliphatic rings. The maximum atomic E-state index is 13.5. The molecule has 1 N–H and O–H groups in total. The molecule has 1 amide bonds. The molecule has 3 aromatic rings. The summed E-state index contributed by atoms with van der Waals surface area (Å²) in [6.07, 6.45) is 3.34. The van der Waals surface area contributed by atoms with Crippen molar-refractivity contribution in [3.63, 3.8) is 0 Å². The summed E-state index contributed by atoms with van der Waals surface area (Å²) in [5, 5.41) is 9.14.